The van der Waals surface area contributed by atoms with Crippen LogP contribution in [-0.4, -0.2) is 34.5 Å². The molecule has 0 fully saturated rings. The summed E-state index contributed by atoms with van der Waals surface area (Å²) < 4.78 is 0. The van der Waals surface area contributed by atoms with Crippen LogP contribution in [0.15, 0.2) is 30.3 Å². The minimum Gasteiger partial charge on any atom is -0.480 e. The third-order valence-corrected chi connectivity index (χ3v) is 2.88. The Morgan fingerprint density at radius 3 is 2.17 bits per heavy atom. The van der Waals surface area contributed by atoms with Gasteiger partial charge in [0.25, 0.3) is 0 Å². The number of aliphatic carboxylic acids is 1. The first kappa shape index (κ1) is 14.2. The first-order chi connectivity index (χ1) is 8.43. The predicted molar refractivity (Wildman–Crippen MR) is 69.3 cm³/mol. The van der Waals surface area contributed by atoms with E-state index in [1.807, 2.05) is 44.2 Å². The summed E-state index contributed by atoms with van der Waals surface area (Å²) >= 11 is 0. The fourth-order valence-electron chi connectivity index (χ4n) is 1.79. The van der Waals surface area contributed by atoms with Gasteiger partial charge in [0.1, 0.15) is 6.54 Å². The van der Waals surface area contributed by atoms with Crippen LogP contribution in [0.5, 0.6) is 0 Å². The molecule has 0 aliphatic carbocycles. The second-order valence-corrected chi connectivity index (χ2v) is 4.59. The molecular formula is C14H19NO3. The molecule has 1 atom stereocenters. The topological polar surface area (TPSA) is 57.6 Å². The lowest BCUT2D eigenvalue weighted by Gasteiger charge is -2.28. The molecule has 0 saturated heterocycles. The maximum Gasteiger partial charge on any atom is 0.323 e. The zero-order valence-electron chi connectivity index (χ0n) is 11.0. The normalized spacial score (nSPS) is 12.2. The molecule has 0 heterocycles. The summed E-state index contributed by atoms with van der Waals surface area (Å²) in [6, 6.07) is 9.26. The molecular weight excluding hydrogens is 230 g/mol. The van der Waals surface area contributed by atoms with E-state index >= 15 is 0 Å². The number of amides is 1. The molecule has 0 spiro atoms. The maximum absolute atomic E-state index is 12.3. The molecule has 1 amide bonds. The minimum absolute atomic E-state index is 0.125. The van der Waals surface area contributed by atoms with Gasteiger partial charge in [0.15, 0.2) is 0 Å². The van der Waals surface area contributed by atoms with Gasteiger partial charge in [-0.2, -0.15) is 0 Å². The summed E-state index contributed by atoms with van der Waals surface area (Å²) in [6.07, 6.45) is 0. The molecule has 98 valence electrons. The molecule has 4 heteroatoms. The number of benzene rings is 1. The number of hydrogen-bond acceptors (Lipinski definition) is 2. The molecule has 18 heavy (non-hydrogen) atoms. The number of rotatable bonds is 5. The number of carbonyl (C=O) groups excluding carboxylic acids is 1. The molecule has 1 rings (SSSR count). The highest BCUT2D eigenvalue weighted by atomic mass is 16.4. The number of hydrogen-bond donors (Lipinski definition) is 1. The van der Waals surface area contributed by atoms with E-state index in [1.54, 1.807) is 6.92 Å². The van der Waals surface area contributed by atoms with Crippen LogP contribution >= 0.6 is 0 Å². The summed E-state index contributed by atoms with van der Waals surface area (Å²) in [5.74, 6) is -1.47. The zero-order chi connectivity index (χ0) is 13.7. The van der Waals surface area contributed by atoms with E-state index < -0.39 is 5.97 Å². The first-order valence-electron chi connectivity index (χ1n) is 6.00. The average Bonchev–Trinajstić information content (AvgIpc) is 2.34. The smallest absolute Gasteiger partial charge is 0.323 e. The third-order valence-electron chi connectivity index (χ3n) is 2.88. The fraction of sp³-hybridized carbons (Fsp3) is 0.429. The molecule has 0 aromatic heterocycles. The first-order valence-corrected chi connectivity index (χ1v) is 6.00. The SMILES string of the molecule is CC(C)N(CC(=O)O)C(=O)[C@@H](C)c1ccccc1. The monoisotopic (exact) mass is 249 g/mol. The van der Waals surface area contributed by atoms with Crippen molar-refractivity contribution in [2.75, 3.05) is 6.54 Å². The highest BCUT2D eigenvalue weighted by molar-refractivity contribution is 5.86. The van der Waals surface area contributed by atoms with Crippen LogP contribution in [0.25, 0.3) is 0 Å². The maximum atomic E-state index is 12.3. The molecule has 1 aromatic carbocycles. The lowest BCUT2D eigenvalue weighted by atomic mass is 9.99. The van der Waals surface area contributed by atoms with Crippen molar-refractivity contribution in [2.45, 2.75) is 32.7 Å². The Bertz CT molecular complexity index is 414. The van der Waals surface area contributed by atoms with Crippen molar-refractivity contribution in [3.05, 3.63) is 35.9 Å². The van der Waals surface area contributed by atoms with Crippen LogP contribution < -0.4 is 0 Å². The van der Waals surface area contributed by atoms with Crippen molar-refractivity contribution < 1.29 is 14.7 Å². The van der Waals surface area contributed by atoms with Gasteiger partial charge in [-0.15, -0.1) is 0 Å². The van der Waals surface area contributed by atoms with Crippen LogP contribution in [-0.2, 0) is 9.59 Å². The van der Waals surface area contributed by atoms with Gasteiger partial charge in [-0.3, -0.25) is 9.59 Å². The van der Waals surface area contributed by atoms with E-state index in [1.165, 1.54) is 4.90 Å². The quantitative estimate of drug-likeness (QED) is 0.869. The van der Waals surface area contributed by atoms with Crippen molar-refractivity contribution >= 4 is 11.9 Å². The summed E-state index contributed by atoms with van der Waals surface area (Å²) in [5.41, 5.74) is 0.901. The van der Waals surface area contributed by atoms with Gasteiger partial charge in [-0.1, -0.05) is 30.3 Å². The van der Waals surface area contributed by atoms with E-state index in [0.29, 0.717) is 0 Å². The van der Waals surface area contributed by atoms with Crippen molar-refractivity contribution in [2.24, 2.45) is 0 Å². The van der Waals surface area contributed by atoms with Gasteiger partial charge in [0.05, 0.1) is 5.92 Å². The molecule has 0 aliphatic heterocycles. The van der Waals surface area contributed by atoms with Gasteiger partial charge in [0, 0.05) is 6.04 Å². The predicted octanol–water partition coefficient (Wildman–Crippen LogP) is 2.11. The average molecular weight is 249 g/mol. The Morgan fingerprint density at radius 2 is 1.72 bits per heavy atom. The molecule has 0 aliphatic rings. The molecule has 1 N–H and O–H groups in total. The van der Waals surface area contributed by atoms with Gasteiger partial charge < -0.3 is 10.0 Å². The van der Waals surface area contributed by atoms with Crippen LogP contribution in [0.2, 0.25) is 0 Å². The Balaban J connectivity index is 2.86. The number of carboxylic acid groups (broad SMARTS) is 1. The van der Waals surface area contributed by atoms with E-state index in [2.05, 4.69) is 0 Å². The summed E-state index contributed by atoms with van der Waals surface area (Å²) in [5, 5.41) is 8.84. The highest BCUT2D eigenvalue weighted by Crippen LogP contribution is 2.18. The van der Waals surface area contributed by atoms with Crippen LogP contribution in [0.4, 0.5) is 0 Å². The molecule has 0 radical (unpaired) electrons. The molecule has 0 bridgehead atoms. The van der Waals surface area contributed by atoms with Crippen LogP contribution in [0.1, 0.15) is 32.3 Å². The van der Waals surface area contributed by atoms with E-state index in [0.717, 1.165) is 5.56 Å². The van der Waals surface area contributed by atoms with Gasteiger partial charge >= 0.3 is 5.97 Å². The molecule has 0 unspecified atom stereocenters. The summed E-state index contributed by atoms with van der Waals surface area (Å²) in [7, 11) is 0. The zero-order valence-corrected chi connectivity index (χ0v) is 11.0. The van der Waals surface area contributed by atoms with E-state index in [9.17, 15) is 9.59 Å². The molecule has 4 nitrogen and oxygen atoms in total. The van der Waals surface area contributed by atoms with E-state index in [4.69, 9.17) is 5.11 Å². The standard InChI is InChI=1S/C14H19NO3/c1-10(2)15(9-13(16)17)14(18)11(3)12-7-5-4-6-8-12/h4-8,10-11H,9H2,1-3H3,(H,16,17)/t11-/m0/s1. The summed E-state index contributed by atoms with van der Waals surface area (Å²) in [4.78, 5) is 24.5. The lowest BCUT2D eigenvalue weighted by molar-refractivity contribution is -0.146. The van der Waals surface area contributed by atoms with Gasteiger partial charge in [0.2, 0.25) is 5.91 Å². The Labute approximate surface area is 107 Å². The molecule has 0 saturated carbocycles. The lowest BCUT2D eigenvalue weighted by Crippen LogP contribution is -2.42. The van der Waals surface area contributed by atoms with Crippen molar-refractivity contribution in [1.29, 1.82) is 0 Å². The number of carboxylic acids is 1. The summed E-state index contributed by atoms with van der Waals surface area (Å²) in [6.45, 7) is 5.18. The second-order valence-electron chi connectivity index (χ2n) is 4.59. The van der Waals surface area contributed by atoms with Crippen molar-refractivity contribution in [3.8, 4) is 0 Å². The fourth-order valence-corrected chi connectivity index (χ4v) is 1.79. The van der Waals surface area contributed by atoms with Gasteiger partial charge in [-0.25, -0.2) is 0 Å². The van der Waals surface area contributed by atoms with Gasteiger partial charge in [-0.05, 0) is 26.3 Å². The number of carbonyl (C=O) groups is 2. The van der Waals surface area contributed by atoms with E-state index in [-0.39, 0.29) is 24.4 Å². The highest BCUT2D eigenvalue weighted by Gasteiger charge is 2.25. The largest absolute Gasteiger partial charge is 0.480 e. The Kier molecular flexibility index (Phi) is 4.89. The molecule has 1 aromatic rings. The van der Waals surface area contributed by atoms with Crippen LogP contribution in [0, 0.1) is 0 Å². The van der Waals surface area contributed by atoms with Crippen molar-refractivity contribution in [3.63, 3.8) is 0 Å². The minimum atomic E-state index is -0.989. The Hall–Kier alpha value is -1.84. The third kappa shape index (κ3) is 3.58. The van der Waals surface area contributed by atoms with Crippen molar-refractivity contribution in [1.82, 2.24) is 4.90 Å². The van der Waals surface area contributed by atoms with Crippen LogP contribution in [0.3, 0.4) is 0 Å². The number of nitrogens with zero attached hydrogens (tertiary/aromatic N) is 1. The second kappa shape index (κ2) is 6.19. The Morgan fingerprint density at radius 1 is 1.17 bits per heavy atom.